The number of amides is 1. The summed E-state index contributed by atoms with van der Waals surface area (Å²) in [6.07, 6.45) is -4.01. The second-order valence-corrected chi connectivity index (χ2v) is 3.09. The van der Waals surface area contributed by atoms with Crippen LogP contribution in [0.25, 0.3) is 0 Å². The maximum atomic E-state index is 12.1. The highest BCUT2D eigenvalue weighted by molar-refractivity contribution is 5.67. The van der Waals surface area contributed by atoms with Gasteiger partial charge in [-0.1, -0.05) is 13.3 Å². The van der Waals surface area contributed by atoms with Crippen LogP contribution >= 0.6 is 0 Å². The lowest BCUT2D eigenvalue weighted by Crippen LogP contribution is -2.39. The standard InChI is InChI=1S/C9H16F3NO2/c1-3-5-6-13(7-9(10,11)12)8(14)15-4-2/h3-7H2,1-2H3. The molecule has 6 heteroatoms. The summed E-state index contributed by atoms with van der Waals surface area (Å²) in [7, 11) is 0. The molecule has 0 rings (SSSR count). The quantitative estimate of drug-likeness (QED) is 0.722. The minimum absolute atomic E-state index is 0.0782. The van der Waals surface area contributed by atoms with Gasteiger partial charge in [0.25, 0.3) is 0 Å². The number of carbonyl (C=O) groups excluding carboxylic acids is 1. The maximum absolute atomic E-state index is 12.1. The summed E-state index contributed by atoms with van der Waals surface area (Å²) in [5, 5.41) is 0. The molecule has 0 fully saturated rings. The summed E-state index contributed by atoms with van der Waals surface area (Å²) in [6, 6.07) is 0. The summed E-state index contributed by atoms with van der Waals surface area (Å²) in [5.41, 5.74) is 0. The molecule has 0 aromatic carbocycles. The molecule has 0 aliphatic rings. The van der Waals surface area contributed by atoms with Crippen LogP contribution in [0, 0.1) is 0 Å². The van der Waals surface area contributed by atoms with Crippen molar-refractivity contribution in [3.8, 4) is 0 Å². The van der Waals surface area contributed by atoms with E-state index < -0.39 is 18.8 Å². The Bertz CT molecular complexity index is 194. The fourth-order valence-electron chi connectivity index (χ4n) is 1.02. The number of halogens is 3. The van der Waals surface area contributed by atoms with E-state index in [1.165, 1.54) is 0 Å². The molecule has 15 heavy (non-hydrogen) atoms. The fraction of sp³-hybridized carbons (Fsp3) is 0.889. The molecule has 0 atom stereocenters. The Morgan fingerprint density at radius 3 is 2.33 bits per heavy atom. The monoisotopic (exact) mass is 227 g/mol. The van der Waals surface area contributed by atoms with E-state index in [2.05, 4.69) is 4.74 Å². The number of carbonyl (C=O) groups is 1. The van der Waals surface area contributed by atoms with Crippen molar-refractivity contribution in [2.75, 3.05) is 19.7 Å². The number of hydrogen-bond donors (Lipinski definition) is 0. The minimum Gasteiger partial charge on any atom is -0.450 e. The summed E-state index contributed by atoms with van der Waals surface area (Å²) in [4.78, 5) is 11.8. The first kappa shape index (κ1) is 14.1. The number of nitrogens with zero attached hydrogens (tertiary/aromatic N) is 1. The van der Waals surface area contributed by atoms with Crippen molar-refractivity contribution in [2.45, 2.75) is 32.9 Å². The summed E-state index contributed by atoms with van der Waals surface area (Å²) >= 11 is 0. The van der Waals surface area contributed by atoms with Gasteiger partial charge in [0.1, 0.15) is 6.54 Å². The molecule has 3 nitrogen and oxygen atoms in total. The predicted molar refractivity (Wildman–Crippen MR) is 49.6 cm³/mol. The Hall–Kier alpha value is -0.940. The molecule has 0 unspecified atom stereocenters. The molecule has 1 amide bonds. The van der Waals surface area contributed by atoms with Gasteiger partial charge in [-0.2, -0.15) is 13.2 Å². The van der Waals surface area contributed by atoms with Gasteiger partial charge in [0.05, 0.1) is 6.61 Å². The van der Waals surface area contributed by atoms with Crippen LogP contribution in [0.1, 0.15) is 26.7 Å². The van der Waals surface area contributed by atoms with Gasteiger partial charge in [0.15, 0.2) is 0 Å². The molecule has 0 aromatic rings. The fourth-order valence-corrected chi connectivity index (χ4v) is 1.02. The molecule has 0 aliphatic heterocycles. The highest BCUT2D eigenvalue weighted by atomic mass is 19.4. The zero-order chi connectivity index (χ0) is 11.9. The van der Waals surface area contributed by atoms with Gasteiger partial charge in [0, 0.05) is 6.54 Å². The molecule has 0 aromatic heterocycles. The van der Waals surface area contributed by atoms with Gasteiger partial charge in [-0.05, 0) is 13.3 Å². The van der Waals surface area contributed by atoms with E-state index in [-0.39, 0.29) is 13.2 Å². The molecule has 0 saturated heterocycles. The minimum atomic E-state index is -4.37. The first-order chi connectivity index (χ1) is 6.90. The van der Waals surface area contributed by atoms with Crippen molar-refractivity contribution in [3.05, 3.63) is 0 Å². The Morgan fingerprint density at radius 1 is 1.33 bits per heavy atom. The van der Waals surface area contributed by atoms with Crippen molar-refractivity contribution in [1.29, 1.82) is 0 Å². The molecular formula is C9H16F3NO2. The van der Waals surface area contributed by atoms with Gasteiger partial charge < -0.3 is 4.74 Å². The third-order valence-electron chi connectivity index (χ3n) is 1.68. The van der Waals surface area contributed by atoms with Gasteiger partial charge >= 0.3 is 12.3 Å². The Morgan fingerprint density at radius 2 is 1.93 bits per heavy atom. The zero-order valence-corrected chi connectivity index (χ0v) is 8.93. The van der Waals surface area contributed by atoms with E-state index in [1.54, 1.807) is 6.92 Å². The Kier molecular flexibility index (Phi) is 6.12. The van der Waals surface area contributed by atoms with E-state index in [4.69, 9.17) is 0 Å². The Labute approximate surface area is 87.2 Å². The smallest absolute Gasteiger partial charge is 0.410 e. The number of hydrogen-bond acceptors (Lipinski definition) is 2. The van der Waals surface area contributed by atoms with Crippen LogP contribution in [0.3, 0.4) is 0 Å². The van der Waals surface area contributed by atoms with E-state index in [9.17, 15) is 18.0 Å². The molecule has 0 bridgehead atoms. The lowest BCUT2D eigenvalue weighted by molar-refractivity contribution is -0.142. The van der Waals surface area contributed by atoms with Gasteiger partial charge in [0.2, 0.25) is 0 Å². The first-order valence-electron chi connectivity index (χ1n) is 4.89. The highest BCUT2D eigenvalue weighted by Gasteiger charge is 2.33. The molecular weight excluding hydrogens is 211 g/mol. The van der Waals surface area contributed by atoms with Crippen molar-refractivity contribution in [3.63, 3.8) is 0 Å². The maximum Gasteiger partial charge on any atom is 0.410 e. The normalized spacial score (nSPS) is 11.3. The second kappa shape index (κ2) is 6.53. The molecule has 0 spiro atoms. The van der Waals surface area contributed by atoms with Crippen LogP contribution < -0.4 is 0 Å². The zero-order valence-electron chi connectivity index (χ0n) is 8.93. The molecule has 0 saturated carbocycles. The van der Waals surface area contributed by atoms with E-state index in [1.807, 2.05) is 6.92 Å². The van der Waals surface area contributed by atoms with Crippen LogP contribution in [0.15, 0.2) is 0 Å². The van der Waals surface area contributed by atoms with Crippen LogP contribution in [0.5, 0.6) is 0 Å². The lowest BCUT2D eigenvalue weighted by Gasteiger charge is -2.22. The van der Waals surface area contributed by atoms with E-state index >= 15 is 0 Å². The largest absolute Gasteiger partial charge is 0.450 e. The number of ether oxygens (including phenoxy) is 1. The van der Waals surface area contributed by atoms with E-state index in [0.717, 1.165) is 6.42 Å². The SMILES string of the molecule is CCCCN(CC(F)(F)F)C(=O)OCC. The highest BCUT2D eigenvalue weighted by Crippen LogP contribution is 2.17. The van der Waals surface area contributed by atoms with Crippen molar-refractivity contribution in [1.82, 2.24) is 4.90 Å². The van der Waals surface area contributed by atoms with Crippen LogP contribution in [-0.4, -0.2) is 36.9 Å². The average Bonchev–Trinajstić information content (AvgIpc) is 2.10. The summed E-state index contributed by atoms with van der Waals surface area (Å²) < 4.78 is 40.8. The van der Waals surface area contributed by atoms with Gasteiger partial charge in [-0.3, -0.25) is 4.90 Å². The molecule has 0 aliphatic carbocycles. The van der Waals surface area contributed by atoms with Crippen LogP contribution in [0.2, 0.25) is 0 Å². The third kappa shape index (κ3) is 7.04. The van der Waals surface area contributed by atoms with Crippen LogP contribution in [-0.2, 0) is 4.74 Å². The topological polar surface area (TPSA) is 29.5 Å². The lowest BCUT2D eigenvalue weighted by atomic mass is 10.3. The van der Waals surface area contributed by atoms with Gasteiger partial charge in [-0.15, -0.1) is 0 Å². The van der Waals surface area contributed by atoms with Crippen molar-refractivity contribution in [2.24, 2.45) is 0 Å². The van der Waals surface area contributed by atoms with E-state index in [0.29, 0.717) is 11.3 Å². The Balaban J connectivity index is 4.23. The van der Waals surface area contributed by atoms with Crippen molar-refractivity contribution >= 4 is 6.09 Å². The second-order valence-electron chi connectivity index (χ2n) is 3.09. The third-order valence-corrected chi connectivity index (χ3v) is 1.68. The predicted octanol–water partition coefficient (Wildman–Crippen LogP) is 2.81. The first-order valence-corrected chi connectivity index (χ1v) is 4.89. The molecule has 0 N–H and O–H groups in total. The number of alkyl halides is 3. The van der Waals surface area contributed by atoms with Crippen molar-refractivity contribution < 1.29 is 22.7 Å². The molecule has 0 heterocycles. The number of rotatable bonds is 5. The summed E-state index contributed by atoms with van der Waals surface area (Å²) in [5.74, 6) is 0. The van der Waals surface area contributed by atoms with Gasteiger partial charge in [-0.25, -0.2) is 4.79 Å². The molecule has 90 valence electrons. The average molecular weight is 227 g/mol. The molecule has 0 radical (unpaired) electrons. The van der Waals surface area contributed by atoms with Crippen LogP contribution in [0.4, 0.5) is 18.0 Å². The summed E-state index contributed by atoms with van der Waals surface area (Å²) in [6.45, 7) is 2.32. The number of unbranched alkanes of at least 4 members (excludes halogenated alkanes) is 1.